The van der Waals surface area contributed by atoms with Crippen molar-refractivity contribution in [3.63, 3.8) is 0 Å². The molecule has 20 heavy (non-hydrogen) atoms. The van der Waals surface area contributed by atoms with E-state index >= 15 is 0 Å². The van der Waals surface area contributed by atoms with Crippen molar-refractivity contribution in [2.45, 2.75) is 13.3 Å². The lowest BCUT2D eigenvalue weighted by Gasteiger charge is -2.20. The molecule has 0 atom stereocenters. The van der Waals surface area contributed by atoms with E-state index in [0.717, 1.165) is 19.5 Å². The third-order valence-corrected chi connectivity index (χ3v) is 3.35. The Hall–Kier alpha value is -2.08. The molecule has 0 spiro atoms. The van der Waals surface area contributed by atoms with Crippen molar-refractivity contribution in [3.8, 4) is 0 Å². The molecule has 1 aromatic carbocycles. The molecular formula is C14H19N3O3. The van der Waals surface area contributed by atoms with E-state index in [-0.39, 0.29) is 11.6 Å². The molecule has 0 unspecified atom stereocenters. The first-order chi connectivity index (χ1) is 9.58. The molecule has 6 nitrogen and oxygen atoms in total. The van der Waals surface area contributed by atoms with Gasteiger partial charge in [-0.1, -0.05) is 6.07 Å². The second-order valence-corrected chi connectivity index (χ2v) is 4.86. The number of aryl methyl sites for hydroxylation is 1. The molecule has 1 fully saturated rings. The van der Waals surface area contributed by atoms with Crippen LogP contribution in [0.1, 0.15) is 22.3 Å². The number of amides is 2. The third-order valence-electron chi connectivity index (χ3n) is 3.35. The lowest BCUT2D eigenvalue weighted by Crippen LogP contribution is -2.37. The lowest BCUT2D eigenvalue weighted by atomic mass is 10.1. The van der Waals surface area contributed by atoms with Gasteiger partial charge >= 0.3 is 12.0 Å². The van der Waals surface area contributed by atoms with Crippen molar-refractivity contribution >= 4 is 17.7 Å². The summed E-state index contributed by atoms with van der Waals surface area (Å²) in [6.45, 7) is 4.79. The van der Waals surface area contributed by atoms with Gasteiger partial charge < -0.3 is 20.6 Å². The van der Waals surface area contributed by atoms with E-state index in [9.17, 15) is 9.59 Å². The first-order valence-corrected chi connectivity index (χ1v) is 6.68. The first kappa shape index (κ1) is 14.3. The number of carbonyl (C=O) groups excluding carboxylic acids is 1. The monoisotopic (exact) mass is 277 g/mol. The van der Waals surface area contributed by atoms with Crippen LogP contribution >= 0.6 is 0 Å². The predicted molar refractivity (Wildman–Crippen MR) is 76.2 cm³/mol. The SMILES string of the molecule is Cc1ccc(NC(=O)N2CCCNCC2)cc1C(=O)O. The summed E-state index contributed by atoms with van der Waals surface area (Å²) in [6.07, 6.45) is 0.918. The second-order valence-electron chi connectivity index (χ2n) is 4.86. The molecule has 0 radical (unpaired) electrons. The van der Waals surface area contributed by atoms with Gasteiger partial charge in [0.25, 0.3) is 0 Å². The molecule has 0 bridgehead atoms. The highest BCUT2D eigenvalue weighted by Gasteiger charge is 2.16. The van der Waals surface area contributed by atoms with Crippen molar-refractivity contribution in [3.05, 3.63) is 29.3 Å². The Kier molecular flexibility index (Phi) is 4.57. The largest absolute Gasteiger partial charge is 0.478 e. The highest BCUT2D eigenvalue weighted by Crippen LogP contribution is 2.16. The molecule has 1 saturated heterocycles. The summed E-state index contributed by atoms with van der Waals surface area (Å²) in [5.74, 6) is -0.988. The van der Waals surface area contributed by atoms with Gasteiger partial charge in [0, 0.05) is 25.3 Å². The van der Waals surface area contributed by atoms with E-state index in [1.807, 2.05) is 0 Å². The number of carboxylic acid groups (broad SMARTS) is 1. The summed E-state index contributed by atoms with van der Waals surface area (Å²) in [4.78, 5) is 24.9. The smallest absolute Gasteiger partial charge is 0.336 e. The summed E-state index contributed by atoms with van der Waals surface area (Å²) in [5, 5.41) is 15.1. The molecule has 3 N–H and O–H groups in total. The van der Waals surface area contributed by atoms with Crippen LogP contribution in [-0.2, 0) is 0 Å². The molecule has 2 rings (SSSR count). The molecule has 6 heteroatoms. The maximum Gasteiger partial charge on any atom is 0.336 e. The van der Waals surface area contributed by atoms with Crippen LogP contribution in [-0.4, -0.2) is 48.2 Å². The van der Waals surface area contributed by atoms with Gasteiger partial charge in [-0.05, 0) is 37.6 Å². The Balaban J connectivity index is 2.07. The van der Waals surface area contributed by atoms with Gasteiger partial charge in [-0.15, -0.1) is 0 Å². The molecule has 2 amide bonds. The Bertz CT molecular complexity index is 508. The Labute approximate surface area is 117 Å². The van der Waals surface area contributed by atoms with Gasteiger partial charge in [0.1, 0.15) is 0 Å². The minimum absolute atomic E-state index is 0.186. The normalized spacial score (nSPS) is 15.6. The number of urea groups is 1. The lowest BCUT2D eigenvalue weighted by molar-refractivity contribution is 0.0696. The highest BCUT2D eigenvalue weighted by atomic mass is 16.4. The third kappa shape index (κ3) is 3.48. The number of aromatic carboxylic acids is 1. The van der Waals surface area contributed by atoms with Crippen LogP contribution in [0.5, 0.6) is 0 Å². The number of carboxylic acids is 1. The van der Waals surface area contributed by atoms with Crippen molar-refractivity contribution in [2.75, 3.05) is 31.5 Å². The quantitative estimate of drug-likeness (QED) is 0.765. The van der Waals surface area contributed by atoms with Gasteiger partial charge in [0.15, 0.2) is 0 Å². The van der Waals surface area contributed by atoms with Crippen molar-refractivity contribution in [1.82, 2.24) is 10.2 Å². The first-order valence-electron chi connectivity index (χ1n) is 6.68. The Morgan fingerprint density at radius 1 is 1.30 bits per heavy atom. The van der Waals surface area contributed by atoms with Gasteiger partial charge in [0.2, 0.25) is 0 Å². The van der Waals surface area contributed by atoms with Crippen LogP contribution in [0.4, 0.5) is 10.5 Å². The number of nitrogens with zero attached hydrogens (tertiary/aromatic N) is 1. The van der Waals surface area contributed by atoms with Crippen LogP contribution in [0.3, 0.4) is 0 Å². The van der Waals surface area contributed by atoms with Crippen LogP contribution in [0.25, 0.3) is 0 Å². The average molecular weight is 277 g/mol. The zero-order valence-corrected chi connectivity index (χ0v) is 11.5. The number of carbonyl (C=O) groups is 2. The van der Waals surface area contributed by atoms with Crippen molar-refractivity contribution in [2.24, 2.45) is 0 Å². The standard InChI is InChI=1S/C14H19N3O3/c1-10-3-4-11(9-12(10)13(18)19)16-14(20)17-7-2-5-15-6-8-17/h3-4,9,15H,2,5-8H2,1H3,(H,16,20)(H,18,19). The number of anilines is 1. The van der Waals surface area contributed by atoms with Crippen LogP contribution in [0.15, 0.2) is 18.2 Å². The molecular weight excluding hydrogens is 258 g/mol. The fourth-order valence-electron chi connectivity index (χ4n) is 2.18. The zero-order chi connectivity index (χ0) is 14.5. The number of rotatable bonds is 2. The van der Waals surface area contributed by atoms with E-state index in [1.165, 1.54) is 6.07 Å². The fraction of sp³-hybridized carbons (Fsp3) is 0.429. The highest BCUT2D eigenvalue weighted by molar-refractivity contribution is 5.94. The van der Waals surface area contributed by atoms with Gasteiger partial charge in [-0.25, -0.2) is 9.59 Å². The van der Waals surface area contributed by atoms with E-state index in [0.29, 0.717) is 24.3 Å². The number of hydrogen-bond acceptors (Lipinski definition) is 3. The molecule has 0 aliphatic carbocycles. The molecule has 1 heterocycles. The molecule has 1 aliphatic heterocycles. The van der Waals surface area contributed by atoms with Crippen molar-refractivity contribution < 1.29 is 14.7 Å². The minimum atomic E-state index is -0.988. The average Bonchev–Trinajstić information content (AvgIpc) is 2.69. The fourth-order valence-corrected chi connectivity index (χ4v) is 2.18. The van der Waals surface area contributed by atoms with Crippen LogP contribution in [0.2, 0.25) is 0 Å². The number of benzene rings is 1. The topological polar surface area (TPSA) is 81.7 Å². The van der Waals surface area contributed by atoms with Gasteiger partial charge in [-0.2, -0.15) is 0 Å². The summed E-state index contributed by atoms with van der Waals surface area (Å²) in [7, 11) is 0. The number of nitrogens with one attached hydrogen (secondary N) is 2. The maximum atomic E-state index is 12.1. The molecule has 108 valence electrons. The van der Waals surface area contributed by atoms with Crippen LogP contribution in [0, 0.1) is 6.92 Å². The molecule has 1 aromatic rings. The van der Waals surface area contributed by atoms with E-state index in [1.54, 1.807) is 24.0 Å². The van der Waals surface area contributed by atoms with E-state index in [4.69, 9.17) is 5.11 Å². The Morgan fingerprint density at radius 3 is 2.85 bits per heavy atom. The summed E-state index contributed by atoms with van der Waals surface area (Å²) in [5.41, 5.74) is 1.39. The van der Waals surface area contributed by atoms with E-state index < -0.39 is 5.97 Å². The summed E-state index contributed by atoms with van der Waals surface area (Å²) in [6, 6.07) is 4.72. The van der Waals surface area contributed by atoms with Gasteiger partial charge in [0.05, 0.1) is 5.56 Å². The minimum Gasteiger partial charge on any atom is -0.478 e. The Morgan fingerprint density at radius 2 is 2.10 bits per heavy atom. The predicted octanol–water partition coefficient (Wildman–Crippen LogP) is 1.52. The molecule has 0 aromatic heterocycles. The zero-order valence-electron chi connectivity index (χ0n) is 11.5. The second kappa shape index (κ2) is 6.38. The van der Waals surface area contributed by atoms with Gasteiger partial charge in [-0.3, -0.25) is 0 Å². The summed E-state index contributed by atoms with van der Waals surface area (Å²) < 4.78 is 0. The number of hydrogen-bond donors (Lipinski definition) is 3. The van der Waals surface area contributed by atoms with E-state index in [2.05, 4.69) is 10.6 Å². The molecule has 0 saturated carbocycles. The maximum absolute atomic E-state index is 12.1. The summed E-state index contributed by atoms with van der Waals surface area (Å²) >= 11 is 0. The van der Waals surface area contributed by atoms with Crippen LogP contribution < -0.4 is 10.6 Å². The molecule has 1 aliphatic rings. The van der Waals surface area contributed by atoms with Crippen molar-refractivity contribution in [1.29, 1.82) is 0 Å².